The van der Waals surface area contributed by atoms with Crippen LogP contribution in [-0.2, 0) is 17.7 Å². The van der Waals surface area contributed by atoms with E-state index in [9.17, 15) is 0 Å². The molecule has 0 bridgehead atoms. The van der Waals surface area contributed by atoms with Gasteiger partial charge in [0.2, 0.25) is 0 Å². The Morgan fingerprint density at radius 1 is 1.55 bits per heavy atom. The van der Waals surface area contributed by atoms with E-state index in [1.54, 1.807) is 0 Å². The minimum atomic E-state index is 0.190. The molecule has 20 heavy (non-hydrogen) atoms. The van der Waals surface area contributed by atoms with Crippen molar-refractivity contribution in [2.45, 2.75) is 39.0 Å². The summed E-state index contributed by atoms with van der Waals surface area (Å²) in [5, 5.41) is 8.65. The Morgan fingerprint density at radius 2 is 2.30 bits per heavy atom. The minimum absolute atomic E-state index is 0.190. The molecule has 0 radical (unpaired) electrons. The van der Waals surface area contributed by atoms with E-state index in [0.29, 0.717) is 0 Å². The first kappa shape index (κ1) is 15.8. The summed E-state index contributed by atoms with van der Waals surface area (Å²) in [4.78, 5) is 2.31. The molecule has 0 aliphatic carbocycles. The standard InChI is InChI=1S/C14H25ClN4O/c1-5-19-12(14(15)10(2)17-19)8-11(16-3)13-9-18(4)6-7-20-13/h11,13,16H,5-9H2,1-4H3. The van der Waals surface area contributed by atoms with E-state index in [-0.39, 0.29) is 12.1 Å². The van der Waals surface area contributed by atoms with Crippen LogP contribution in [0.2, 0.25) is 5.02 Å². The van der Waals surface area contributed by atoms with Crippen LogP contribution < -0.4 is 5.32 Å². The molecular formula is C14H25ClN4O. The summed E-state index contributed by atoms with van der Waals surface area (Å²) in [7, 11) is 4.12. The second-order valence-corrected chi connectivity index (χ2v) is 5.81. The first-order chi connectivity index (χ1) is 9.56. The van der Waals surface area contributed by atoms with Gasteiger partial charge in [0.1, 0.15) is 0 Å². The fourth-order valence-electron chi connectivity index (χ4n) is 2.75. The number of nitrogens with one attached hydrogen (secondary N) is 1. The summed E-state index contributed by atoms with van der Waals surface area (Å²) in [5.74, 6) is 0. The highest BCUT2D eigenvalue weighted by molar-refractivity contribution is 6.31. The topological polar surface area (TPSA) is 42.3 Å². The Morgan fingerprint density at radius 3 is 2.90 bits per heavy atom. The van der Waals surface area contributed by atoms with Crippen molar-refractivity contribution in [2.75, 3.05) is 33.8 Å². The van der Waals surface area contributed by atoms with Gasteiger partial charge >= 0.3 is 0 Å². The molecule has 1 fully saturated rings. The number of ether oxygens (including phenoxy) is 1. The van der Waals surface area contributed by atoms with Crippen LogP contribution in [-0.4, -0.2) is 60.6 Å². The molecule has 0 spiro atoms. The Hall–Kier alpha value is -0.620. The van der Waals surface area contributed by atoms with Gasteiger partial charge in [-0.1, -0.05) is 11.6 Å². The van der Waals surface area contributed by atoms with Gasteiger partial charge in [-0.2, -0.15) is 5.10 Å². The van der Waals surface area contributed by atoms with Crippen LogP contribution in [0.4, 0.5) is 0 Å². The number of nitrogens with zero attached hydrogens (tertiary/aromatic N) is 3. The molecule has 0 aromatic carbocycles. The van der Waals surface area contributed by atoms with Crippen LogP contribution in [0, 0.1) is 6.92 Å². The molecule has 1 N–H and O–H groups in total. The maximum atomic E-state index is 6.40. The number of aryl methyl sites for hydroxylation is 2. The van der Waals surface area contributed by atoms with Crippen molar-refractivity contribution in [2.24, 2.45) is 0 Å². The number of rotatable bonds is 5. The molecule has 0 amide bonds. The lowest BCUT2D eigenvalue weighted by atomic mass is 10.0. The van der Waals surface area contributed by atoms with Crippen LogP contribution in [0.15, 0.2) is 0 Å². The molecule has 1 aromatic heterocycles. The summed E-state index contributed by atoms with van der Waals surface area (Å²) >= 11 is 6.40. The summed E-state index contributed by atoms with van der Waals surface area (Å²) in [6, 6.07) is 0.247. The van der Waals surface area contributed by atoms with Crippen molar-refractivity contribution in [3.8, 4) is 0 Å². The van der Waals surface area contributed by atoms with Crippen LogP contribution in [0.25, 0.3) is 0 Å². The third kappa shape index (κ3) is 3.34. The minimum Gasteiger partial charge on any atom is -0.374 e. The van der Waals surface area contributed by atoms with Gasteiger partial charge < -0.3 is 15.0 Å². The van der Waals surface area contributed by atoms with Crippen molar-refractivity contribution in [1.29, 1.82) is 0 Å². The average molecular weight is 301 g/mol. The quantitative estimate of drug-likeness (QED) is 0.891. The number of halogens is 1. The normalized spacial score (nSPS) is 22.1. The van der Waals surface area contributed by atoms with Gasteiger partial charge in [-0.25, -0.2) is 0 Å². The van der Waals surface area contributed by atoms with Gasteiger partial charge in [-0.05, 0) is 27.9 Å². The van der Waals surface area contributed by atoms with E-state index in [4.69, 9.17) is 16.3 Å². The fraction of sp³-hybridized carbons (Fsp3) is 0.786. The van der Waals surface area contributed by atoms with Crippen molar-refractivity contribution in [1.82, 2.24) is 20.0 Å². The molecule has 2 rings (SSSR count). The highest BCUT2D eigenvalue weighted by atomic mass is 35.5. The Labute approximate surface area is 126 Å². The smallest absolute Gasteiger partial charge is 0.0858 e. The highest BCUT2D eigenvalue weighted by Gasteiger charge is 2.28. The van der Waals surface area contributed by atoms with Gasteiger partial charge in [0.15, 0.2) is 0 Å². The molecule has 0 saturated carbocycles. The molecule has 2 unspecified atom stereocenters. The molecule has 6 heteroatoms. The van der Waals surface area contributed by atoms with E-state index >= 15 is 0 Å². The zero-order valence-corrected chi connectivity index (χ0v) is 13.6. The predicted molar refractivity (Wildman–Crippen MR) is 81.4 cm³/mol. The average Bonchev–Trinajstić information content (AvgIpc) is 2.71. The third-order valence-electron chi connectivity index (χ3n) is 3.98. The Kier molecular flexibility index (Phi) is 5.43. The molecule has 1 aromatic rings. The third-order valence-corrected chi connectivity index (χ3v) is 4.47. The number of aromatic nitrogens is 2. The molecule has 5 nitrogen and oxygen atoms in total. The first-order valence-electron chi connectivity index (χ1n) is 7.26. The lowest BCUT2D eigenvalue weighted by molar-refractivity contribution is -0.0374. The molecule has 1 aliphatic heterocycles. The lowest BCUT2D eigenvalue weighted by Crippen LogP contribution is -2.51. The van der Waals surface area contributed by atoms with Crippen molar-refractivity contribution >= 4 is 11.6 Å². The second kappa shape index (κ2) is 6.89. The van der Waals surface area contributed by atoms with Crippen LogP contribution in [0.3, 0.4) is 0 Å². The highest BCUT2D eigenvalue weighted by Crippen LogP contribution is 2.23. The summed E-state index contributed by atoms with van der Waals surface area (Å²) in [5.41, 5.74) is 2.00. The predicted octanol–water partition coefficient (Wildman–Crippen LogP) is 1.33. The van der Waals surface area contributed by atoms with E-state index in [1.807, 2.05) is 18.7 Å². The molecular weight excluding hydrogens is 276 g/mol. The van der Waals surface area contributed by atoms with Gasteiger partial charge in [0, 0.05) is 32.1 Å². The summed E-state index contributed by atoms with van der Waals surface area (Å²) in [6.07, 6.45) is 1.03. The zero-order valence-electron chi connectivity index (χ0n) is 12.8. The maximum absolute atomic E-state index is 6.40. The fourth-order valence-corrected chi connectivity index (χ4v) is 2.96. The number of hydrogen-bond acceptors (Lipinski definition) is 4. The summed E-state index contributed by atoms with van der Waals surface area (Å²) in [6.45, 7) is 7.62. The van der Waals surface area contributed by atoms with E-state index in [1.165, 1.54) is 0 Å². The monoisotopic (exact) mass is 300 g/mol. The van der Waals surface area contributed by atoms with Gasteiger partial charge in [0.25, 0.3) is 0 Å². The first-order valence-corrected chi connectivity index (χ1v) is 7.63. The van der Waals surface area contributed by atoms with Crippen molar-refractivity contribution in [3.63, 3.8) is 0 Å². The van der Waals surface area contributed by atoms with E-state index in [2.05, 4.69) is 29.3 Å². The van der Waals surface area contributed by atoms with Gasteiger partial charge in [-0.15, -0.1) is 0 Å². The largest absolute Gasteiger partial charge is 0.374 e. The molecule has 1 saturated heterocycles. The summed E-state index contributed by atoms with van der Waals surface area (Å²) < 4.78 is 7.91. The molecule has 1 aliphatic rings. The van der Waals surface area contributed by atoms with E-state index < -0.39 is 0 Å². The number of morpholine rings is 1. The van der Waals surface area contributed by atoms with Crippen molar-refractivity contribution in [3.05, 3.63) is 16.4 Å². The molecule has 2 atom stereocenters. The SMILES string of the molecule is CCn1nc(C)c(Cl)c1CC(NC)C1CN(C)CCO1. The lowest BCUT2D eigenvalue weighted by Gasteiger charge is -2.35. The Bertz CT molecular complexity index is 449. The van der Waals surface area contributed by atoms with Crippen molar-refractivity contribution < 1.29 is 4.74 Å². The molecule has 114 valence electrons. The molecule has 2 heterocycles. The Balaban J connectivity index is 2.13. The number of hydrogen-bond donors (Lipinski definition) is 1. The number of likely N-dealkylation sites (N-methyl/N-ethyl adjacent to an activating group) is 2. The van der Waals surface area contributed by atoms with Crippen LogP contribution in [0.1, 0.15) is 18.3 Å². The van der Waals surface area contributed by atoms with Crippen LogP contribution in [0.5, 0.6) is 0 Å². The second-order valence-electron chi connectivity index (χ2n) is 5.43. The van der Waals surface area contributed by atoms with Gasteiger partial charge in [0.05, 0.1) is 29.1 Å². The van der Waals surface area contributed by atoms with E-state index in [0.717, 1.165) is 49.1 Å². The zero-order chi connectivity index (χ0) is 14.7. The van der Waals surface area contributed by atoms with Crippen LogP contribution >= 0.6 is 11.6 Å². The maximum Gasteiger partial charge on any atom is 0.0858 e. The van der Waals surface area contributed by atoms with Gasteiger partial charge in [-0.3, -0.25) is 4.68 Å².